The average molecular weight is 464 g/mol. The fourth-order valence-electron chi connectivity index (χ4n) is 3.32. The van der Waals surface area contributed by atoms with E-state index in [4.69, 9.17) is 9.47 Å². The highest BCUT2D eigenvalue weighted by Gasteiger charge is 2.12. The van der Waals surface area contributed by atoms with Crippen molar-refractivity contribution >= 4 is 22.4 Å². The van der Waals surface area contributed by atoms with Gasteiger partial charge in [-0.3, -0.25) is 9.59 Å². The first-order valence-electron chi connectivity index (χ1n) is 10.8. The van der Waals surface area contributed by atoms with Crippen molar-refractivity contribution in [2.45, 2.75) is 33.1 Å². The van der Waals surface area contributed by atoms with Gasteiger partial charge in [0.2, 0.25) is 4.96 Å². The van der Waals surface area contributed by atoms with Crippen LogP contribution in [0.1, 0.15) is 42.1 Å². The first-order valence-corrected chi connectivity index (χ1v) is 11.6. The molecule has 7 nitrogen and oxygen atoms in total. The zero-order chi connectivity index (χ0) is 23.4. The van der Waals surface area contributed by atoms with Crippen molar-refractivity contribution in [3.63, 3.8) is 0 Å². The second-order valence-electron chi connectivity index (χ2n) is 7.75. The van der Waals surface area contributed by atoms with Crippen molar-refractivity contribution in [3.05, 3.63) is 90.1 Å². The molecule has 33 heavy (non-hydrogen) atoms. The van der Waals surface area contributed by atoms with Crippen LogP contribution in [0, 0.1) is 6.92 Å². The molecule has 0 unspecified atom stereocenters. The second-order valence-corrected chi connectivity index (χ2v) is 8.76. The minimum atomic E-state index is -0.418. The Bertz CT molecular complexity index is 1440. The summed E-state index contributed by atoms with van der Waals surface area (Å²) in [7, 11) is 1.58. The maximum atomic E-state index is 13.0. The first-order chi connectivity index (χ1) is 16.0. The Morgan fingerprint density at radius 3 is 2.61 bits per heavy atom. The number of hydrogen-bond acceptors (Lipinski definition) is 7. The van der Waals surface area contributed by atoms with Crippen molar-refractivity contribution in [2.24, 2.45) is 0 Å². The molecule has 4 aromatic rings. The maximum absolute atomic E-state index is 13.0. The van der Waals surface area contributed by atoms with Crippen LogP contribution in [0.25, 0.3) is 11.0 Å². The molecule has 0 atom stereocenters. The SMILES string of the molecule is CCCCOc1ccc(/C=c2/sc3nc(=O)c(Cc4ccc(C)cc4)nn3c2=O)cc1OC. The molecule has 0 aliphatic carbocycles. The molecule has 4 rings (SSSR count). The first kappa shape index (κ1) is 22.7. The number of rotatable bonds is 8. The summed E-state index contributed by atoms with van der Waals surface area (Å²) in [5.41, 5.74) is 2.37. The minimum absolute atomic E-state index is 0.244. The topological polar surface area (TPSA) is 82.8 Å². The molecular weight excluding hydrogens is 438 g/mol. The monoisotopic (exact) mass is 463 g/mol. The van der Waals surface area contributed by atoms with Gasteiger partial charge >= 0.3 is 0 Å². The molecule has 0 spiro atoms. The smallest absolute Gasteiger partial charge is 0.296 e. The second kappa shape index (κ2) is 9.95. The van der Waals surface area contributed by atoms with Gasteiger partial charge in [0.05, 0.1) is 18.2 Å². The number of aromatic nitrogens is 3. The fourth-order valence-corrected chi connectivity index (χ4v) is 4.23. The van der Waals surface area contributed by atoms with Crippen LogP contribution in [-0.2, 0) is 6.42 Å². The molecule has 0 N–H and O–H groups in total. The van der Waals surface area contributed by atoms with E-state index in [1.807, 2.05) is 49.4 Å². The minimum Gasteiger partial charge on any atom is -0.493 e. The van der Waals surface area contributed by atoms with E-state index in [1.54, 1.807) is 13.2 Å². The van der Waals surface area contributed by atoms with E-state index in [9.17, 15) is 9.59 Å². The number of ether oxygens (including phenoxy) is 2. The van der Waals surface area contributed by atoms with Crippen LogP contribution < -0.4 is 25.1 Å². The molecule has 0 aliphatic rings. The molecule has 2 heterocycles. The number of methoxy groups -OCH3 is 1. The van der Waals surface area contributed by atoms with Crippen LogP contribution in [0.15, 0.2) is 52.1 Å². The Morgan fingerprint density at radius 2 is 1.88 bits per heavy atom. The summed E-state index contributed by atoms with van der Waals surface area (Å²) in [5.74, 6) is 1.26. The number of thiazole rings is 1. The van der Waals surface area contributed by atoms with Crippen LogP contribution in [0.5, 0.6) is 11.5 Å². The molecule has 0 amide bonds. The molecule has 8 heteroatoms. The van der Waals surface area contributed by atoms with Crippen molar-refractivity contribution in [3.8, 4) is 11.5 Å². The number of fused-ring (bicyclic) bond motifs is 1. The Balaban J connectivity index is 1.68. The summed E-state index contributed by atoms with van der Waals surface area (Å²) in [5, 5.41) is 4.32. The van der Waals surface area contributed by atoms with Crippen molar-refractivity contribution in [1.29, 1.82) is 0 Å². The van der Waals surface area contributed by atoms with Gasteiger partial charge in [-0.25, -0.2) is 0 Å². The third-order valence-electron chi connectivity index (χ3n) is 5.18. The standard InChI is InChI=1S/C25H25N3O4S/c1-4-5-12-32-20-11-10-18(14-21(20)31-3)15-22-24(30)28-25(33-22)26-23(29)19(27-28)13-17-8-6-16(2)7-9-17/h6-11,14-15H,4-5,12-13H2,1-3H3/b22-15+. The molecule has 170 valence electrons. The van der Waals surface area contributed by atoms with Crippen LogP contribution in [0.2, 0.25) is 0 Å². The fraction of sp³-hybridized carbons (Fsp3) is 0.280. The lowest BCUT2D eigenvalue weighted by Crippen LogP contribution is -2.28. The highest BCUT2D eigenvalue weighted by molar-refractivity contribution is 7.15. The lowest BCUT2D eigenvalue weighted by atomic mass is 10.1. The van der Waals surface area contributed by atoms with Crippen molar-refractivity contribution in [2.75, 3.05) is 13.7 Å². The molecule has 2 aromatic carbocycles. The van der Waals surface area contributed by atoms with E-state index < -0.39 is 5.56 Å². The Kier molecular flexibility index (Phi) is 6.84. The van der Waals surface area contributed by atoms with Crippen LogP contribution >= 0.6 is 11.3 Å². The van der Waals surface area contributed by atoms with Gasteiger partial charge in [0.15, 0.2) is 11.5 Å². The van der Waals surface area contributed by atoms with Crippen LogP contribution in [0.3, 0.4) is 0 Å². The zero-order valence-electron chi connectivity index (χ0n) is 18.8. The highest BCUT2D eigenvalue weighted by atomic mass is 32.1. The summed E-state index contributed by atoms with van der Waals surface area (Å²) in [6.45, 7) is 4.72. The van der Waals surface area contributed by atoms with Gasteiger partial charge in [0.25, 0.3) is 11.1 Å². The van der Waals surface area contributed by atoms with E-state index in [0.29, 0.717) is 29.1 Å². The van der Waals surface area contributed by atoms with E-state index in [-0.39, 0.29) is 16.2 Å². The highest BCUT2D eigenvalue weighted by Crippen LogP contribution is 2.28. The number of benzene rings is 2. The van der Waals surface area contributed by atoms with Gasteiger partial charge in [0.1, 0.15) is 5.69 Å². The normalized spacial score (nSPS) is 11.8. The van der Waals surface area contributed by atoms with Crippen LogP contribution in [-0.4, -0.2) is 28.3 Å². The van der Waals surface area contributed by atoms with Gasteiger partial charge in [-0.05, 0) is 42.7 Å². The predicted octanol–water partition coefficient (Wildman–Crippen LogP) is 3.15. The van der Waals surface area contributed by atoms with E-state index >= 15 is 0 Å². The van der Waals surface area contributed by atoms with Gasteiger partial charge in [-0.2, -0.15) is 14.6 Å². The molecule has 0 bridgehead atoms. The zero-order valence-corrected chi connectivity index (χ0v) is 19.6. The lowest BCUT2D eigenvalue weighted by molar-refractivity contribution is 0.288. The summed E-state index contributed by atoms with van der Waals surface area (Å²) >= 11 is 1.13. The van der Waals surface area contributed by atoms with Gasteiger partial charge < -0.3 is 9.47 Å². The van der Waals surface area contributed by atoms with E-state index in [2.05, 4.69) is 17.0 Å². The number of unbranched alkanes of at least 4 members (excludes halogenated alkanes) is 1. The van der Waals surface area contributed by atoms with Crippen molar-refractivity contribution in [1.82, 2.24) is 14.6 Å². The summed E-state index contributed by atoms with van der Waals surface area (Å²) < 4.78 is 12.9. The van der Waals surface area contributed by atoms with E-state index in [1.165, 1.54) is 4.52 Å². The Labute approximate surface area is 195 Å². The van der Waals surface area contributed by atoms with Gasteiger partial charge in [0, 0.05) is 6.42 Å². The lowest BCUT2D eigenvalue weighted by Gasteiger charge is -2.10. The molecule has 0 fully saturated rings. The van der Waals surface area contributed by atoms with E-state index in [0.717, 1.165) is 40.9 Å². The third-order valence-corrected chi connectivity index (χ3v) is 6.14. The average Bonchev–Trinajstić information content (AvgIpc) is 3.10. The van der Waals surface area contributed by atoms with Gasteiger partial charge in [-0.1, -0.05) is 60.6 Å². The molecule has 0 saturated heterocycles. The molecular formula is C25H25N3O4S. The molecule has 0 saturated carbocycles. The summed E-state index contributed by atoms with van der Waals surface area (Å²) in [4.78, 5) is 29.8. The quantitative estimate of drug-likeness (QED) is 0.374. The number of aryl methyl sites for hydroxylation is 1. The maximum Gasteiger partial charge on any atom is 0.296 e. The summed E-state index contributed by atoms with van der Waals surface area (Å²) in [6.07, 6.45) is 4.07. The Morgan fingerprint density at radius 1 is 1.09 bits per heavy atom. The van der Waals surface area contributed by atoms with Crippen molar-refractivity contribution < 1.29 is 9.47 Å². The number of nitrogens with zero attached hydrogens (tertiary/aromatic N) is 3. The molecule has 0 aliphatic heterocycles. The third kappa shape index (κ3) is 5.12. The largest absolute Gasteiger partial charge is 0.493 e. The predicted molar refractivity (Wildman–Crippen MR) is 130 cm³/mol. The molecule has 2 aromatic heterocycles. The summed E-state index contributed by atoms with van der Waals surface area (Å²) in [6, 6.07) is 13.4. The number of hydrogen-bond donors (Lipinski definition) is 0. The molecule has 0 radical (unpaired) electrons. The van der Waals surface area contributed by atoms with Gasteiger partial charge in [-0.15, -0.1) is 0 Å². The Hall–Kier alpha value is -3.52. The van der Waals surface area contributed by atoms with Crippen LogP contribution in [0.4, 0.5) is 0 Å².